The zero-order valence-corrected chi connectivity index (χ0v) is 17.4. The van der Waals surface area contributed by atoms with Crippen LogP contribution in [0.2, 0.25) is 0 Å². The van der Waals surface area contributed by atoms with Crippen LogP contribution in [0.1, 0.15) is 12.5 Å². The quantitative estimate of drug-likeness (QED) is 0.662. The lowest BCUT2D eigenvalue weighted by Gasteiger charge is -2.35. The molecule has 0 aliphatic carbocycles. The van der Waals surface area contributed by atoms with E-state index < -0.39 is 0 Å². The molecule has 1 saturated heterocycles. The third-order valence-corrected chi connectivity index (χ3v) is 5.98. The van der Waals surface area contributed by atoms with Crippen molar-refractivity contribution < 1.29 is 9.53 Å². The molecule has 0 aromatic heterocycles. The second-order valence-corrected chi connectivity index (χ2v) is 8.29. The summed E-state index contributed by atoms with van der Waals surface area (Å²) in [7, 11) is 1.66. The molecule has 1 amide bonds. The number of amides is 1. The Kier molecular flexibility index (Phi) is 7.57. The Labute approximate surface area is 172 Å². The molecule has 28 heavy (non-hydrogen) atoms. The van der Waals surface area contributed by atoms with E-state index in [1.54, 1.807) is 18.9 Å². The van der Waals surface area contributed by atoms with Crippen LogP contribution in [0.25, 0.3) is 6.08 Å². The lowest BCUT2D eigenvalue weighted by atomic mass is 10.2. The molecule has 1 fully saturated rings. The minimum atomic E-state index is -0.0853. The molecule has 1 aliphatic rings. The second kappa shape index (κ2) is 10.3. The summed E-state index contributed by atoms with van der Waals surface area (Å²) in [6, 6.07) is 18.2. The van der Waals surface area contributed by atoms with Crippen molar-refractivity contribution >= 4 is 23.7 Å². The SMILES string of the molecule is COc1ccc(SC(C)C(=O)N2CCN(C/C=C/c3ccccc3)CC2)cc1. The highest BCUT2D eigenvalue weighted by molar-refractivity contribution is 8.00. The van der Waals surface area contributed by atoms with Crippen LogP contribution in [-0.4, -0.2) is 60.8 Å². The molecule has 4 nitrogen and oxygen atoms in total. The first kappa shape index (κ1) is 20.5. The third-order valence-electron chi connectivity index (χ3n) is 4.88. The number of thioether (sulfide) groups is 1. The van der Waals surface area contributed by atoms with E-state index in [0.717, 1.165) is 43.4 Å². The average molecular weight is 397 g/mol. The maximum absolute atomic E-state index is 12.8. The maximum Gasteiger partial charge on any atom is 0.235 e. The molecule has 5 heteroatoms. The number of nitrogens with zero attached hydrogens (tertiary/aromatic N) is 2. The molecule has 1 heterocycles. The molecule has 148 valence electrons. The number of piperazine rings is 1. The highest BCUT2D eigenvalue weighted by Crippen LogP contribution is 2.26. The van der Waals surface area contributed by atoms with Gasteiger partial charge in [-0.05, 0) is 36.8 Å². The first-order valence-corrected chi connectivity index (χ1v) is 10.6. The van der Waals surface area contributed by atoms with E-state index >= 15 is 0 Å². The van der Waals surface area contributed by atoms with E-state index in [1.807, 2.05) is 42.2 Å². The van der Waals surface area contributed by atoms with Gasteiger partial charge in [0.25, 0.3) is 0 Å². The van der Waals surface area contributed by atoms with Crippen LogP contribution in [0.4, 0.5) is 0 Å². The van der Waals surface area contributed by atoms with Gasteiger partial charge in [0, 0.05) is 37.6 Å². The van der Waals surface area contributed by atoms with Crippen LogP contribution >= 0.6 is 11.8 Å². The minimum absolute atomic E-state index is 0.0853. The maximum atomic E-state index is 12.8. The molecule has 3 rings (SSSR count). The Morgan fingerprint density at radius 2 is 1.75 bits per heavy atom. The minimum Gasteiger partial charge on any atom is -0.497 e. The number of rotatable bonds is 7. The van der Waals surface area contributed by atoms with Crippen LogP contribution in [0.3, 0.4) is 0 Å². The molecule has 1 aliphatic heterocycles. The first-order valence-electron chi connectivity index (χ1n) is 9.69. The van der Waals surface area contributed by atoms with Gasteiger partial charge in [-0.25, -0.2) is 0 Å². The number of hydrogen-bond acceptors (Lipinski definition) is 4. The summed E-state index contributed by atoms with van der Waals surface area (Å²) in [6.45, 7) is 6.35. The van der Waals surface area contributed by atoms with Crippen molar-refractivity contribution in [3.05, 3.63) is 66.2 Å². The summed E-state index contributed by atoms with van der Waals surface area (Å²) in [5.74, 6) is 1.06. The predicted molar refractivity (Wildman–Crippen MR) is 117 cm³/mol. The largest absolute Gasteiger partial charge is 0.497 e. The molecular formula is C23H28N2O2S. The fourth-order valence-corrected chi connectivity index (χ4v) is 4.17. The van der Waals surface area contributed by atoms with Gasteiger partial charge in [0.1, 0.15) is 5.75 Å². The zero-order chi connectivity index (χ0) is 19.8. The zero-order valence-electron chi connectivity index (χ0n) is 16.6. The summed E-state index contributed by atoms with van der Waals surface area (Å²) < 4.78 is 5.19. The standard InChI is InChI=1S/C23H28N2O2S/c1-19(28-22-12-10-21(27-2)11-13-22)23(26)25-17-15-24(16-18-25)14-6-9-20-7-4-3-5-8-20/h3-13,19H,14-18H2,1-2H3/b9-6+. The molecule has 0 saturated carbocycles. The monoisotopic (exact) mass is 396 g/mol. The van der Waals surface area contributed by atoms with Gasteiger partial charge >= 0.3 is 0 Å². The Hall–Kier alpha value is -2.24. The molecule has 0 spiro atoms. The summed E-state index contributed by atoms with van der Waals surface area (Å²) in [5, 5.41) is -0.0853. The van der Waals surface area contributed by atoms with Crippen molar-refractivity contribution in [3.8, 4) is 5.75 Å². The molecule has 2 aromatic rings. The number of carbonyl (C=O) groups excluding carboxylic acids is 1. The fourth-order valence-electron chi connectivity index (χ4n) is 3.22. The molecule has 0 radical (unpaired) electrons. The third kappa shape index (κ3) is 5.88. The Bertz CT molecular complexity index is 769. The van der Waals surface area contributed by atoms with Gasteiger partial charge in [-0.1, -0.05) is 42.5 Å². The van der Waals surface area contributed by atoms with E-state index in [9.17, 15) is 4.79 Å². The van der Waals surface area contributed by atoms with E-state index in [1.165, 1.54) is 5.56 Å². The fraction of sp³-hybridized carbons (Fsp3) is 0.348. The topological polar surface area (TPSA) is 32.8 Å². The van der Waals surface area contributed by atoms with Gasteiger partial charge in [0.2, 0.25) is 5.91 Å². The summed E-state index contributed by atoms with van der Waals surface area (Å²) in [5.41, 5.74) is 1.22. The Morgan fingerprint density at radius 1 is 1.07 bits per heavy atom. The van der Waals surface area contributed by atoms with Crippen molar-refractivity contribution in [1.82, 2.24) is 9.80 Å². The predicted octanol–water partition coefficient (Wildman–Crippen LogP) is 4.03. The van der Waals surface area contributed by atoms with Gasteiger partial charge in [-0.2, -0.15) is 0 Å². The Balaban J connectivity index is 1.43. The van der Waals surface area contributed by atoms with Crippen LogP contribution in [0, 0.1) is 0 Å². The van der Waals surface area contributed by atoms with Crippen molar-refractivity contribution in [2.75, 3.05) is 39.8 Å². The summed E-state index contributed by atoms with van der Waals surface area (Å²) >= 11 is 1.61. The lowest BCUT2D eigenvalue weighted by Crippen LogP contribution is -2.50. The van der Waals surface area contributed by atoms with Crippen molar-refractivity contribution in [1.29, 1.82) is 0 Å². The summed E-state index contributed by atoms with van der Waals surface area (Å²) in [4.78, 5) is 18.3. The van der Waals surface area contributed by atoms with Gasteiger partial charge in [0.05, 0.1) is 12.4 Å². The molecule has 2 aromatic carbocycles. The number of hydrogen-bond donors (Lipinski definition) is 0. The van der Waals surface area contributed by atoms with Gasteiger partial charge in [-0.3, -0.25) is 9.69 Å². The van der Waals surface area contributed by atoms with Gasteiger partial charge in [0.15, 0.2) is 0 Å². The lowest BCUT2D eigenvalue weighted by molar-refractivity contribution is -0.131. The molecule has 0 N–H and O–H groups in total. The Morgan fingerprint density at radius 3 is 2.39 bits per heavy atom. The van der Waals surface area contributed by atoms with E-state index in [-0.39, 0.29) is 11.2 Å². The van der Waals surface area contributed by atoms with Crippen molar-refractivity contribution in [2.45, 2.75) is 17.1 Å². The van der Waals surface area contributed by atoms with Gasteiger partial charge < -0.3 is 9.64 Å². The van der Waals surface area contributed by atoms with Crippen LogP contribution < -0.4 is 4.74 Å². The van der Waals surface area contributed by atoms with Crippen molar-refractivity contribution in [3.63, 3.8) is 0 Å². The second-order valence-electron chi connectivity index (χ2n) is 6.87. The highest BCUT2D eigenvalue weighted by Gasteiger charge is 2.25. The smallest absolute Gasteiger partial charge is 0.235 e. The highest BCUT2D eigenvalue weighted by atomic mass is 32.2. The van der Waals surface area contributed by atoms with Crippen LogP contribution in [0.5, 0.6) is 5.75 Å². The number of methoxy groups -OCH3 is 1. The number of ether oxygens (including phenoxy) is 1. The number of carbonyl (C=O) groups is 1. The van der Waals surface area contributed by atoms with Crippen LogP contribution in [-0.2, 0) is 4.79 Å². The van der Waals surface area contributed by atoms with E-state index in [2.05, 4.69) is 41.3 Å². The normalized spacial score (nSPS) is 16.3. The number of benzene rings is 2. The van der Waals surface area contributed by atoms with Crippen molar-refractivity contribution in [2.24, 2.45) is 0 Å². The molecule has 0 bridgehead atoms. The van der Waals surface area contributed by atoms with E-state index in [4.69, 9.17) is 4.74 Å². The first-order chi connectivity index (χ1) is 13.7. The van der Waals surface area contributed by atoms with Crippen LogP contribution in [0.15, 0.2) is 65.6 Å². The summed E-state index contributed by atoms with van der Waals surface area (Å²) in [6.07, 6.45) is 4.36. The molecule has 1 unspecified atom stereocenters. The molecular weight excluding hydrogens is 368 g/mol. The average Bonchev–Trinajstić information content (AvgIpc) is 2.75. The van der Waals surface area contributed by atoms with E-state index in [0.29, 0.717) is 0 Å². The molecule has 1 atom stereocenters. The van der Waals surface area contributed by atoms with Gasteiger partial charge in [-0.15, -0.1) is 11.8 Å².